The predicted octanol–water partition coefficient (Wildman–Crippen LogP) is 1.74. The lowest BCUT2D eigenvalue weighted by molar-refractivity contribution is 0.699. The van der Waals surface area contributed by atoms with Crippen LogP contribution in [0.2, 0.25) is 0 Å². The molecule has 0 aliphatic heterocycles. The monoisotopic (exact) mass is 254 g/mol. The van der Waals surface area contributed by atoms with Gasteiger partial charge in [0.05, 0.1) is 17.6 Å². The van der Waals surface area contributed by atoms with E-state index in [4.69, 9.17) is 0 Å². The molecule has 1 aromatic carbocycles. The third-order valence-electron chi connectivity index (χ3n) is 3.30. The fraction of sp³-hybridized carbons (Fsp3) is 0.214. The molecular formula is C14H14N4O. The lowest BCUT2D eigenvalue weighted by Crippen LogP contribution is -2.22. The molecule has 5 nitrogen and oxygen atoms in total. The molecule has 0 N–H and O–H groups in total. The number of fused-ring (bicyclic) bond motifs is 1. The van der Waals surface area contributed by atoms with Gasteiger partial charge in [0.25, 0.3) is 5.56 Å². The first-order chi connectivity index (χ1) is 9.09. The Labute approximate surface area is 110 Å². The highest BCUT2D eigenvalue weighted by Gasteiger charge is 2.14. The number of aryl methyl sites for hydroxylation is 3. The second-order valence-electron chi connectivity index (χ2n) is 4.62. The zero-order valence-electron chi connectivity index (χ0n) is 11.1. The molecule has 0 spiro atoms. The van der Waals surface area contributed by atoms with Gasteiger partial charge in [-0.3, -0.25) is 4.79 Å². The molecule has 19 heavy (non-hydrogen) atoms. The Bertz CT molecular complexity index is 829. The highest BCUT2D eigenvalue weighted by Crippen LogP contribution is 2.19. The van der Waals surface area contributed by atoms with E-state index in [0.717, 1.165) is 22.3 Å². The fourth-order valence-corrected chi connectivity index (χ4v) is 2.28. The minimum atomic E-state index is -0.138. The first-order valence-electron chi connectivity index (χ1n) is 6.07. The lowest BCUT2D eigenvalue weighted by atomic mass is 10.2. The van der Waals surface area contributed by atoms with Gasteiger partial charge in [0, 0.05) is 12.4 Å². The lowest BCUT2D eigenvalue weighted by Gasteiger charge is -2.07. The van der Waals surface area contributed by atoms with Gasteiger partial charge in [-0.05, 0) is 25.5 Å². The van der Waals surface area contributed by atoms with E-state index in [2.05, 4.69) is 10.2 Å². The van der Waals surface area contributed by atoms with E-state index in [9.17, 15) is 4.79 Å². The molecule has 0 unspecified atom stereocenters. The van der Waals surface area contributed by atoms with E-state index < -0.39 is 0 Å². The van der Waals surface area contributed by atoms with E-state index in [1.54, 1.807) is 17.9 Å². The van der Waals surface area contributed by atoms with Crippen molar-refractivity contribution in [1.82, 2.24) is 19.6 Å². The smallest absolute Gasteiger partial charge is 0.265 e. The first-order valence-corrected chi connectivity index (χ1v) is 6.07. The number of nitrogens with zero attached hydrogens (tertiary/aromatic N) is 4. The minimum absolute atomic E-state index is 0.138. The summed E-state index contributed by atoms with van der Waals surface area (Å²) >= 11 is 0. The Balaban J connectivity index is 2.45. The molecule has 0 amide bonds. The van der Waals surface area contributed by atoms with Crippen molar-refractivity contribution in [3.05, 3.63) is 52.1 Å². The molecule has 3 aromatic rings. The van der Waals surface area contributed by atoms with Crippen molar-refractivity contribution in [2.24, 2.45) is 7.05 Å². The molecule has 96 valence electrons. The third-order valence-corrected chi connectivity index (χ3v) is 3.30. The van der Waals surface area contributed by atoms with Crippen LogP contribution < -0.4 is 5.56 Å². The average Bonchev–Trinajstić information content (AvgIpc) is 2.82. The zero-order valence-corrected chi connectivity index (χ0v) is 11.1. The molecule has 2 aromatic heterocycles. The summed E-state index contributed by atoms with van der Waals surface area (Å²) in [5.74, 6) is 0. The molecule has 0 fully saturated rings. The van der Waals surface area contributed by atoms with E-state index in [1.165, 1.54) is 4.68 Å². The number of benzene rings is 1. The summed E-state index contributed by atoms with van der Waals surface area (Å²) in [5.41, 5.74) is 3.23. The van der Waals surface area contributed by atoms with Gasteiger partial charge >= 0.3 is 0 Å². The Morgan fingerprint density at radius 2 is 1.89 bits per heavy atom. The van der Waals surface area contributed by atoms with Crippen LogP contribution >= 0.6 is 0 Å². The summed E-state index contributed by atoms with van der Waals surface area (Å²) in [5, 5.41) is 9.33. The third kappa shape index (κ3) is 1.66. The van der Waals surface area contributed by atoms with Crippen molar-refractivity contribution in [2.45, 2.75) is 13.8 Å². The van der Waals surface area contributed by atoms with Crippen LogP contribution in [-0.2, 0) is 7.05 Å². The molecule has 0 aliphatic rings. The highest BCUT2D eigenvalue weighted by molar-refractivity contribution is 5.81. The van der Waals surface area contributed by atoms with Crippen LogP contribution in [0.25, 0.3) is 16.6 Å². The maximum atomic E-state index is 12.3. The van der Waals surface area contributed by atoms with Crippen molar-refractivity contribution in [3.8, 4) is 5.69 Å². The van der Waals surface area contributed by atoms with Crippen LogP contribution in [0.4, 0.5) is 0 Å². The van der Waals surface area contributed by atoms with Crippen LogP contribution in [0.5, 0.6) is 0 Å². The van der Waals surface area contributed by atoms with Crippen molar-refractivity contribution >= 4 is 10.9 Å². The topological polar surface area (TPSA) is 52.7 Å². The molecule has 0 saturated carbocycles. The van der Waals surface area contributed by atoms with Gasteiger partial charge in [-0.2, -0.15) is 10.2 Å². The maximum absolute atomic E-state index is 12.3. The predicted molar refractivity (Wildman–Crippen MR) is 73.6 cm³/mol. The summed E-state index contributed by atoms with van der Waals surface area (Å²) in [7, 11) is 1.66. The quantitative estimate of drug-likeness (QED) is 0.664. The zero-order chi connectivity index (χ0) is 13.6. The Morgan fingerprint density at radius 1 is 1.16 bits per heavy atom. The number of para-hydroxylation sites is 1. The van der Waals surface area contributed by atoms with Crippen LogP contribution in [-0.4, -0.2) is 19.6 Å². The van der Waals surface area contributed by atoms with Gasteiger partial charge in [-0.1, -0.05) is 18.2 Å². The number of hydrogen-bond acceptors (Lipinski definition) is 3. The van der Waals surface area contributed by atoms with Crippen molar-refractivity contribution in [2.75, 3.05) is 0 Å². The van der Waals surface area contributed by atoms with E-state index >= 15 is 0 Å². The molecule has 0 atom stereocenters. The van der Waals surface area contributed by atoms with Gasteiger partial charge in [0.2, 0.25) is 0 Å². The van der Waals surface area contributed by atoms with Crippen molar-refractivity contribution < 1.29 is 0 Å². The SMILES string of the molecule is Cc1ccccc1-n1ncc2c(C)nn(C)c(=O)c21. The summed E-state index contributed by atoms with van der Waals surface area (Å²) in [6.45, 7) is 3.88. The second kappa shape index (κ2) is 4.05. The van der Waals surface area contributed by atoms with Gasteiger partial charge in [0.15, 0.2) is 0 Å². The van der Waals surface area contributed by atoms with Crippen LogP contribution in [0.15, 0.2) is 35.3 Å². The second-order valence-corrected chi connectivity index (χ2v) is 4.62. The normalized spacial score (nSPS) is 11.1. The average molecular weight is 254 g/mol. The summed E-state index contributed by atoms with van der Waals surface area (Å²) in [6, 6.07) is 7.86. The molecule has 5 heteroatoms. The highest BCUT2D eigenvalue weighted by atomic mass is 16.1. The number of aromatic nitrogens is 4. The summed E-state index contributed by atoms with van der Waals surface area (Å²) in [4.78, 5) is 12.3. The van der Waals surface area contributed by atoms with Crippen molar-refractivity contribution in [1.29, 1.82) is 0 Å². The molecule has 0 radical (unpaired) electrons. The molecule has 2 heterocycles. The van der Waals surface area contributed by atoms with E-state index in [1.807, 2.05) is 38.1 Å². The Morgan fingerprint density at radius 3 is 2.63 bits per heavy atom. The number of hydrogen-bond donors (Lipinski definition) is 0. The summed E-state index contributed by atoms with van der Waals surface area (Å²) < 4.78 is 3.05. The Kier molecular flexibility index (Phi) is 2.48. The van der Waals surface area contributed by atoms with Gasteiger partial charge in [0.1, 0.15) is 5.52 Å². The first kappa shape index (κ1) is 11.6. The standard InChI is InChI=1S/C14H14N4O/c1-9-6-4-5-7-12(9)18-13-11(8-15-18)10(2)16-17(3)14(13)19/h4-8H,1-3H3. The maximum Gasteiger partial charge on any atom is 0.293 e. The van der Waals surface area contributed by atoms with Gasteiger partial charge in [-0.15, -0.1) is 0 Å². The molecule has 0 aliphatic carbocycles. The van der Waals surface area contributed by atoms with Gasteiger partial charge in [-0.25, -0.2) is 9.36 Å². The van der Waals surface area contributed by atoms with Crippen LogP contribution in [0, 0.1) is 13.8 Å². The molecule has 0 bridgehead atoms. The van der Waals surface area contributed by atoms with Crippen LogP contribution in [0.3, 0.4) is 0 Å². The van der Waals surface area contributed by atoms with Crippen molar-refractivity contribution in [3.63, 3.8) is 0 Å². The number of rotatable bonds is 1. The molecule has 0 saturated heterocycles. The minimum Gasteiger partial charge on any atom is -0.265 e. The van der Waals surface area contributed by atoms with E-state index in [0.29, 0.717) is 5.52 Å². The largest absolute Gasteiger partial charge is 0.293 e. The van der Waals surface area contributed by atoms with Crippen LogP contribution in [0.1, 0.15) is 11.3 Å². The molecular weight excluding hydrogens is 240 g/mol. The molecule has 3 rings (SSSR count). The van der Waals surface area contributed by atoms with Gasteiger partial charge < -0.3 is 0 Å². The fourth-order valence-electron chi connectivity index (χ4n) is 2.28. The van der Waals surface area contributed by atoms with E-state index in [-0.39, 0.29) is 5.56 Å². The Hall–Kier alpha value is -2.43. The summed E-state index contributed by atoms with van der Waals surface area (Å²) in [6.07, 6.45) is 1.70.